The average molecular weight is 322 g/mol. The first kappa shape index (κ1) is 17.1. The molecule has 0 aliphatic carbocycles. The summed E-state index contributed by atoms with van der Waals surface area (Å²) < 4.78 is 59.1. The molecule has 0 aromatic heterocycles. The highest BCUT2D eigenvalue weighted by Gasteiger charge is 2.44. The summed E-state index contributed by atoms with van der Waals surface area (Å²) in [5.74, 6) is -1.00. The van der Waals surface area contributed by atoms with Crippen molar-refractivity contribution in [2.24, 2.45) is 11.3 Å². The second-order valence-electron chi connectivity index (χ2n) is 4.82. The molecule has 1 fully saturated rings. The topological polar surface area (TPSA) is 74.6 Å². The van der Waals surface area contributed by atoms with Gasteiger partial charge in [0.15, 0.2) is 9.84 Å². The Labute approximate surface area is 114 Å². The first-order valence-corrected chi connectivity index (χ1v) is 8.58. The first-order valence-electron chi connectivity index (χ1n) is 5.77. The minimum Gasteiger partial charge on any atom is -0.396 e. The summed E-state index contributed by atoms with van der Waals surface area (Å²) in [7, 11) is -3.20. The zero-order valence-electron chi connectivity index (χ0n) is 10.2. The molecule has 114 valence electrons. The maximum Gasteiger partial charge on any atom is 0.441 e. The van der Waals surface area contributed by atoms with Gasteiger partial charge in [0, 0.05) is 11.2 Å². The summed E-state index contributed by atoms with van der Waals surface area (Å²) in [4.78, 5) is 0. The van der Waals surface area contributed by atoms with E-state index in [2.05, 4.69) is 0 Å². The molecule has 0 spiro atoms. The lowest BCUT2D eigenvalue weighted by atomic mass is 9.74. The molecule has 1 unspecified atom stereocenters. The first-order chi connectivity index (χ1) is 8.64. The van der Waals surface area contributed by atoms with Gasteiger partial charge in [-0.25, -0.2) is 8.42 Å². The molecule has 4 nitrogen and oxygen atoms in total. The molecule has 0 amide bonds. The lowest BCUT2D eigenvalue weighted by Crippen LogP contribution is -2.39. The van der Waals surface area contributed by atoms with Gasteiger partial charge in [-0.3, -0.25) is 0 Å². The van der Waals surface area contributed by atoms with E-state index in [0.717, 1.165) is 0 Å². The van der Waals surface area contributed by atoms with Gasteiger partial charge >= 0.3 is 5.51 Å². The van der Waals surface area contributed by atoms with Gasteiger partial charge < -0.3 is 10.2 Å². The summed E-state index contributed by atoms with van der Waals surface area (Å²) in [6.45, 7) is -1.02. The van der Waals surface area contributed by atoms with Crippen molar-refractivity contribution in [3.63, 3.8) is 0 Å². The van der Waals surface area contributed by atoms with Crippen LogP contribution >= 0.6 is 11.8 Å². The van der Waals surface area contributed by atoms with Crippen LogP contribution in [0.4, 0.5) is 13.2 Å². The van der Waals surface area contributed by atoms with Crippen LogP contribution in [0.15, 0.2) is 0 Å². The smallest absolute Gasteiger partial charge is 0.396 e. The molecule has 1 aliphatic heterocycles. The van der Waals surface area contributed by atoms with Crippen LogP contribution in [0.5, 0.6) is 0 Å². The molecular formula is C10H17F3O4S2. The lowest BCUT2D eigenvalue weighted by molar-refractivity contribution is -0.0337. The number of aliphatic hydroxyl groups excluding tert-OH is 2. The summed E-state index contributed by atoms with van der Waals surface area (Å²) in [5, 5.41) is 18.8. The molecule has 0 aromatic rings. The minimum absolute atomic E-state index is 0.0359. The van der Waals surface area contributed by atoms with E-state index < -0.39 is 39.9 Å². The number of halogens is 3. The third kappa shape index (κ3) is 4.80. The van der Waals surface area contributed by atoms with Crippen molar-refractivity contribution in [3.05, 3.63) is 0 Å². The Morgan fingerprint density at radius 3 is 2.16 bits per heavy atom. The van der Waals surface area contributed by atoms with Crippen molar-refractivity contribution in [2.75, 3.05) is 30.5 Å². The van der Waals surface area contributed by atoms with Crippen LogP contribution in [0.2, 0.25) is 0 Å². The van der Waals surface area contributed by atoms with E-state index in [1.807, 2.05) is 0 Å². The van der Waals surface area contributed by atoms with E-state index in [0.29, 0.717) is 0 Å². The number of alkyl halides is 3. The Kier molecular flexibility index (Phi) is 5.56. The summed E-state index contributed by atoms with van der Waals surface area (Å²) in [6, 6.07) is 0. The SMILES string of the molecule is O=S1(=O)CCC(C(CO)(CO)CCSC(F)(F)F)C1. The molecule has 2 N–H and O–H groups in total. The minimum atomic E-state index is -4.36. The molecule has 1 rings (SSSR count). The third-order valence-corrected chi connectivity index (χ3v) is 6.10. The van der Waals surface area contributed by atoms with Crippen LogP contribution in [0.1, 0.15) is 12.8 Å². The maximum absolute atomic E-state index is 12.1. The van der Waals surface area contributed by atoms with Crippen molar-refractivity contribution in [3.8, 4) is 0 Å². The number of sulfone groups is 1. The number of rotatable bonds is 6. The fourth-order valence-electron chi connectivity index (χ4n) is 2.32. The van der Waals surface area contributed by atoms with Crippen LogP contribution in [0.3, 0.4) is 0 Å². The van der Waals surface area contributed by atoms with Gasteiger partial charge in [-0.15, -0.1) is 0 Å². The Balaban J connectivity index is 2.69. The molecule has 1 aliphatic rings. The van der Waals surface area contributed by atoms with Gasteiger partial charge in [0.05, 0.1) is 24.7 Å². The Bertz CT molecular complexity index is 390. The highest BCUT2D eigenvalue weighted by atomic mass is 32.2. The van der Waals surface area contributed by atoms with E-state index in [9.17, 15) is 31.8 Å². The van der Waals surface area contributed by atoms with Crippen LogP contribution in [0, 0.1) is 11.3 Å². The molecule has 9 heteroatoms. The van der Waals surface area contributed by atoms with Crippen LogP contribution in [-0.4, -0.2) is 54.6 Å². The monoisotopic (exact) mass is 322 g/mol. The van der Waals surface area contributed by atoms with Crippen LogP contribution < -0.4 is 0 Å². The van der Waals surface area contributed by atoms with Crippen LogP contribution in [-0.2, 0) is 9.84 Å². The van der Waals surface area contributed by atoms with Crippen molar-refractivity contribution < 1.29 is 31.8 Å². The summed E-state index contributed by atoms with van der Waals surface area (Å²) in [6.07, 6.45) is 0.213. The van der Waals surface area contributed by atoms with E-state index in [1.54, 1.807) is 0 Å². The van der Waals surface area contributed by atoms with E-state index in [-0.39, 0.29) is 41.9 Å². The van der Waals surface area contributed by atoms with Gasteiger partial charge in [0.2, 0.25) is 0 Å². The quantitative estimate of drug-likeness (QED) is 0.764. The van der Waals surface area contributed by atoms with E-state index in [1.165, 1.54) is 0 Å². The Morgan fingerprint density at radius 2 is 1.79 bits per heavy atom. The third-order valence-electron chi connectivity index (χ3n) is 3.59. The van der Waals surface area contributed by atoms with Crippen molar-refractivity contribution >= 4 is 21.6 Å². The molecule has 0 aromatic carbocycles. The molecule has 1 heterocycles. The second kappa shape index (κ2) is 6.19. The van der Waals surface area contributed by atoms with Crippen molar-refractivity contribution in [1.82, 2.24) is 0 Å². The molecule has 0 radical (unpaired) electrons. The largest absolute Gasteiger partial charge is 0.441 e. The summed E-state index contributed by atoms with van der Waals surface area (Å²) in [5.41, 5.74) is -5.51. The highest BCUT2D eigenvalue weighted by molar-refractivity contribution is 8.00. The standard InChI is InChI=1S/C10H17F3O4S2/c11-10(12,13)18-3-2-9(6-14,7-15)8-1-4-19(16,17)5-8/h8,14-15H,1-7H2. The van der Waals surface area contributed by atoms with Crippen molar-refractivity contribution in [1.29, 1.82) is 0 Å². The maximum atomic E-state index is 12.1. The summed E-state index contributed by atoms with van der Waals surface area (Å²) >= 11 is -0.222. The van der Waals surface area contributed by atoms with E-state index in [4.69, 9.17) is 0 Å². The van der Waals surface area contributed by atoms with E-state index >= 15 is 0 Å². The predicted octanol–water partition coefficient (Wildman–Crippen LogP) is 1.04. The number of aliphatic hydroxyl groups is 2. The van der Waals surface area contributed by atoms with Gasteiger partial charge in [0.25, 0.3) is 0 Å². The number of hydrogen-bond donors (Lipinski definition) is 2. The molecular weight excluding hydrogens is 305 g/mol. The van der Waals surface area contributed by atoms with Crippen molar-refractivity contribution in [2.45, 2.75) is 18.3 Å². The fraction of sp³-hybridized carbons (Fsp3) is 1.00. The predicted molar refractivity (Wildman–Crippen MR) is 66.5 cm³/mol. The van der Waals surface area contributed by atoms with Gasteiger partial charge in [-0.05, 0) is 18.8 Å². The molecule has 0 bridgehead atoms. The van der Waals surface area contributed by atoms with Gasteiger partial charge in [0.1, 0.15) is 0 Å². The van der Waals surface area contributed by atoms with Gasteiger partial charge in [-0.2, -0.15) is 13.2 Å². The average Bonchev–Trinajstić information content (AvgIpc) is 2.64. The van der Waals surface area contributed by atoms with Crippen LogP contribution in [0.25, 0.3) is 0 Å². The Morgan fingerprint density at radius 1 is 1.21 bits per heavy atom. The normalized spacial score (nSPS) is 23.7. The second-order valence-corrected chi connectivity index (χ2v) is 8.21. The number of thioether (sulfide) groups is 1. The molecule has 19 heavy (non-hydrogen) atoms. The number of hydrogen-bond acceptors (Lipinski definition) is 5. The highest BCUT2D eigenvalue weighted by Crippen LogP contribution is 2.41. The zero-order chi connectivity index (χ0) is 14.7. The van der Waals surface area contributed by atoms with Gasteiger partial charge in [-0.1, -0.05) is 11.8 Å². The Hall–Kier alpha value is 0.01000. The lowest BCUT2D eigenvalue weighted by Gasteiger charge is -2.35. The molecule has 1 atom stereocenters. The molecule has 1 saturated heterocycles. The zero-order valence-corrected chi connectivity index (χ0v) is 11.8. The fourth-order valence-corrected chi connectivity index (χ4v) is 5.00. The molecule has 0 saturated carbocycles.